The van der Waals surface area contributed by atoms with E-state index in [2.05, 4.69) is 0 Å². The molecular weight excluding hydrogens is 122 g/mol. The molecule has 0 bridgehead atoms. The number of nitriles is 1. The number of nitrogens with zero attached hydrogens (tertiary/aromatic N) is 1. The summed E-state index contributed by atoms with van der Waals surface area (Å²) in [5, 5.41) is 7.71. The predicted octanol–water partition coefficient (Wildman–Crippen LogP) is 0.412. The molecule has 0 N–H and O–H groups in total. The molecule has 1 unspecified atom stereocenters. The predicted molar refractivity (Wildman–Crippen MR) is 24.5 cm³/mol. The highest BCUT2D eigenvalue weighted by molar-refractivity contribution is 8.08. The number of halogens is 1. The first-order valence-corrected chi connectivity index (χ1v) is 3.33. The van der Waals surface area contributed by atoms with Crippen LogP contribution in [0.25, 0.3) is 0 Å². The minimum Gasteiger partial charge on any atom is -0.242 e. The van der Waals surface area contributed by atoms with Gasteiger partial charge >= 0.3 is 0 Å². The third-order valence-corrected chi connectivity index (χ3v) is 0.861. The van der Waals surface area contributed by atoms with Crippen LogP contribution >= 0.6 is 10.7 Å². The third kappa shape index (κ3) is 3.93. The van der Waals surface area contributed by atoms with Crippen molar-refractivity contribution in [3.63, 3.8) is 0 Å². The van der Waals surface area contributed by atoms with Crippen molar-refractivity contribution in [2.45, 2.75) is 0 Å². The highest BCUT2D eigenvalue weighted by atomic mass is 35.7. The lowest BCUT2D eigenvalue weighted by Gasteiger charge is -1.68. The van der Waals surface area contributed by atoms with Gasteiger partial charge in [0, 0.05) is 0 Å². The van der Waals surface area contributed by atoms with Crippen LogP contribution in [0.15, 0.2) is 0 Å². The standard InChI is InChI=1S/C2H2ClNOS/c3-6(5)2-1-4/h2H2. The second-order valence-corrected chi connectivity index (χ2v) is 2.49. The smallest absolute Gasteiger partial charge is 0.129 e. The maximum atomic E-state index is 9.70. The molecule has 0 radical (unpaired) electrons. The second kappa shape index (κ2) is 3.13. The Labute approximate surface area is 42.7 Å². The largest absolute Gasteiger partial charge is 0.242 e. The Kier molecular flexibility index (Phi) is 3.10. The average molecular weight is 124 g/mol. The van der Waals surface area contributed by atoms with Gasteiger partial charge in [-0.05, 0) is 10.7 Å². The van der Waals surface area contributed by atoms with Crippen molar-refractivity contribution in [3.05, 3.63) is 0 Å². The molecule has 0 aromatic carbocycles. The minimum atomic E-state index is -1.45. The van der Waals surface area contributed by atoms with E-state index in [1.54, 1.807) is 6.07 Å². The van der Waals surface area contributed by atoms with Crippen LogP contribution in [0, 0.1) is 11.3 Å². The Hall–Kier alpha value is -0.0700. The zero-order chi connectivity index (χ0) is 4.99. The van der Waals surface area contributed by atoms with E-state index in [9.17, 15) is 4.21 Å². The van der Waals surface area contributed by atoms with Gasteiger partial charge in [-0.2, -0.15) is 5.26 Å². The molecule has 0 amide bonds. The molecule has 0 aromatic rings. The summed E-state index contributed by atoms with van der Waals surface area (Å²) in [4.78, 5) is 0. The van der Waals surface area contributed by atoms with E-state index >= 15 is 0 Å². The highest BCUT2D eigenvalue weighted by Crippen LogP contribution is 1.82. The quantitative estimate of drug-likeness (QED) is 0.474. The maximum absolute atomic E-state index is 9.70. The Bertz CT molecular complexity index is 96.2. The summed E-state index contributed by atoms with van der Waals surface area (Å²) in [6, 6.07) is 1.64. The van der Waals surface area contributed by atoms with Gasteiger partial charge in [0.25, 0.3) is 0 Å². The molecule has 0 heterocycles. The van der Waals surface area contributed by atoms with E-state index in [1.807, 2.05) is 0 Å². The fourth-order valence-corrected chi connectivity index (χ4v) is 0.299. The molecule has 0 rings (SSSR count). The Balaban J connectivity index is 3.13. The zero-order valence-corrected chi connectivity index (χ0v) is 4.42. The third-order valence-electron chi connectivity index (χ3n) is 0.178. The van der Waals surface area contributed by atoms with Crippen LogP contribution in [0.5, 0.6) is 0 Å². The first-order valence-electron chi connectivity index (χ1n) is 1.19. The first kappa shape index (κ1) is 5.93. The van der Waals surface area contributed by atoms with E-state index in [4.69, 9.17) is 15.9 Å². The summed E-state index contributed by atoms with van der Waals surface area (Å²) in [7, 11) is 3.37. The van der Waals surface area contributed by atoms with Crippen LogP contribution in [0.2, 0.25) is 0 Å². The highest BCUT2D eigenvalue weighted by Gasteiger charge is 1.84. The molecule has 34 valence electrons. The molecule has 2 nitrogen and oxygen atoms in total. The topological polar surface area (TPSA) is 40.9 Å². The van der Waals surface area contributed by atoms with E-state index < -0.39 is 10.0 Å². The van der Waals surface area contributed by atoms with Crippen LogP contribution in [0.4, 0.5) is 0 Å². The van der Waals surface area contributed by atoms with Crippen molar-refractivity contribution < 1.29 is 4.21 Å². The van der Waals surface area contributed by atoms with Crippen LogP contribution < -0.4 is 0 Å². The van der Waals surface area contributed by atoms with Crippen molar-refractivity contribution in [1.29, 1.82) is 5.26 Å². The maximum Gasteiger partial charge on any atom is 0.129 e. The van der Waals surface area contributed by atoms with Crippen molar-refractivity contribution in [2.24, 2.45) is 0 Å². The molecule has 0 spiro atoms. The summed E-state index contributed by atoms with van der Waals surface area (Å²) < 4.78 is 9.70. The summed E-state index contributed by atoms with van der Waals surface area (Å²) in [6.07, 6.45) is 0. The van der Waals surface area contributed by atoms with E-state index in [-0.39, 0.29) is 5.75 Å². The molecule has 0 saturated carbocycles. The molecule has 4 heteroatoms. The van der Waals surface area contributed by atoms with Crippen molar-refractivity contribution in [3.8, 4) is 6.07 Å². The fraction of sp³-hybridized carbons (Fsp3) is 0.500. The van der Waals surface area contributed by atoms with Gasteiger partial charge in [0.15, 0.2) is 0 Å². The monoisotopic (exact) mass is 123 g/mol. The van der Waals surface area contributed by atoms with Gasteiger partial charge in [-0.3, -0.25) is 0 Å². The first-order chi connectivity index (χ1) is 2.77. The van der Waals surface area contributed by atoms with Crippen molar-refractivity contribution >= 4 is 20.7 Å². The molecule has 1 atom stereocenters. The van der Waals surface area contributed by atoms with E-state index in [0.29, 0.717) is 0 Å². The Morgan fingerprint density at radius 3 is 2.50 bits per heavy atom. The van der Waals surface area contributed by atoms with Gasteiger partial charge in [-0.15, -0.1) is 0 Å². The van der Waals surface area contributed by atoms with Gasteiger partial charge in [0.1, 0.15) is 15.8 Å². The average Bonchev–Trinajstić information content (AvgIpc) is 1.35. The Morgan fingerprint density at radius 2 is 2.50 bits per heavy atom. The van der Waals surface area contributed by atoms with Gasteiger partial charge in [0.2, 0.25) is 0 Å². The van der Waals surface area contributed by atoms with Crippen LogP contribution in [-0.4, -0.2) is 9.96 Å². The van der Waals surface area contributed by atoms with Gasteiger partial charge in [-0.25, -0.2) is 4.21 Å². The summed E-state index contributed by atoms with van der Waals surface area (Å²) in [5.41, 5.74) is 0. The summed E-state index contributed by atoms with van der Waals surface area (Å²) in [5.74, 6) is -0.0818. The molecule has 0 fully saturated rings. The second-order valence-electron chi connectivity index (χ2n) is 0.592. The van der Waals surface area contributed by atoms with Gasteiger partial charge in [0.05, 0.1) is 6.07 Å². The molecule has 0 saturated heterocycles. The van der Waals surface area contributed by atoms with Crippen LogP contribution in [0.3, 0.4) is 0 Å². The van der Waals surface area contributed by atoms with Crippen LogP contribution in [0.1, 0.15) is 0 Å². The minimum absolute atomic E-state index is 0.0818. The number of hydrogen-bond donors (Lipinski definition) is 0. The summed E-state index contributed by atoms with van der Waals surface area (Å²) in [6.45, 7) is 0. The SMILES string of the molecule is N#CCS(=O)Cl. The number of hydrogen-bond acceptors (Lipinski definition) is 2. The molecule has 0 aliphatic rings. The van der Waals surface area contributed by atoms with Crippen molar-refractivity contribution in [1.82, 2.24) is 0 Å². The lowest BCUT2D eigenvalue weighted by atomic mass is 10.9. The lowest BCUT2D eigenvalue weighted by Crippen LogP contribution is -1.79. The Morgan fingerprint density at radius 1 is 2.00 bits per heavy atom. The molecule has 0 aromatic heterocycles. The normalized spacial score (nSPS) is 12.7. The van der Waals surface area contributed by atoms with E-state index in [1.165, 1.54) is 0 Å². The number of rotatable bonds is 1. The zero-order valence-electron chi connectivity index (χ0n) is 2.85. The fourth-order valence-electron chi connectivity index (χ4n) is 0.0507. The molecule has 0 aliphatic carbocycles. The molecule has 6 heavy (non-hydrogen) atoms. The van der Waals surface area contributed by atoms with E-state index in [0.717, 1.165) is 0 Å². The van der Waals surface area contributed by atoms with Crippen LogP contribution in [-0.2, 0) is 10.0 Å². The summed E-state index contributed by atoms with van der Waals surface area (Å²) >= 11 is 0. The molecular formula is C2H2ClNOS. The van der Waals surface area contributed by atoms with Gasteiger partial charge < -0.3 is 0 Å². The van der Waals surface area contributed by atoms with Gasteiger partial charge in [-0.1, -0.05) is 0 Å². The van der Waals surface area contributed by atoms with Crippen molar-refractivity contribution in [2.75, 3.05) is 5.75 Å². The lowest BCUT2D eigenvalue weighted by molar-refractivity contribution is 0.693. The molecule has 0 aliphatic heterocycles.